The van der Waals surface area contributed by atoms with Crippen LogP contribution in [0.3, 0.4) is 0 Å². The second-order valence-corrected chi connectivity index (χ2v) is 8.07. The van der Waals surface area contributed by atoms with Crippen molar-refractivity contribution in [2.45, 2.75) is 6.54 Å². The lowest BCUT2D eigenvalue weighted by molar-refractivity contribution is 0.100. The van der Waals surface area contributed by atoms with Crippen molar-refractivity contribution in [2.24, 2.45) is 5.73 Å². The lowest BCUT2D eigenvalue weighted by Gasteiger charge is -2.11. The van der Waals surface area contributed by atoms with E-state index in [2.05, 4.69) is 6.07 Å². The predicted molar refractivity (Wildman–Crippen MR) is 116 cm³/mol. The third kappa shape index (κ3) is 3.18. The molecule has 0 aliphatic rings. The molecule has 2 N–H and O–H groups in total. The van der Waals surface area contributed by atoms with Gasteiger partial charge in [-0.25, -0.2) is 13.2 Å². The summed E-state index contributed by atoms with van der Waals surface area (Å²) in [5, 5.41) is 3.13. The summed E-state index contributed by atoms with van der Waals surface area (Å²) in [6.45, 7) is -0.193. The number of hydrogen-bond donors (Lipinski definition) is 1. The lowest BCUT2D eigenvalue weighted by atomic mass is 10.0. The van der Waals surface area contributed by atoms with E-state index in [4.69, 9.17) is 5.73 Å². The second kappa shape index (κ2) is 7.28. The molecule has 2 heterocycles. The van der Waals surface area contributed by atoms with Crippen molar-refractivity contribution < 1.29 is 18.0 Å². The molecule has 31 heavy (non-hydrogen) atoms. The molecule has 7 heteroatoms. The normalized spacial score (nSPS) is 11.5. The van der Waals surface area contributed by atoms with Gasteiger partial charge in [-0.15, -0.1) is 11.3 Å². The standard InChI is InChI=1S/C24H14F3N2OS/c25-14-10-18(26)17(19(27)11-14)12-29-20-4-1-3-16(24(28)30)23(20)15-7-6-13(9-21(15)29)22-5-2-8-31-22/h1-6,8-11H,12H2,(H2,28,30). The van der Waals surface area contributed by atoms with E-state index in [0.29, 0.717) is 39.5 Å². The van der Waals surface area contributed by atoms with Crippen molar-refractivity contribution in [2.75, 3.05) is 0 Å². The summed E-state index contributed by atoms with van der Waals surface area (Å²) >= 11 is 1.55. The Labute approximate surface area is 179 Å². The molecule has 5 aromatic rings. The monoisotopic (exact) mass is 435 g/mol. The molecule has 0 aliphatic carbocycles. The molecule has 3 nitrogen and oxygen atoms in total. The molecule has 153 valence electrons. The average molecular weight is 435 g/mol. The fourth-order valence-corrected chi connectivity index (χ4v) is 4.61. The Morgan fingerprint density at radius 1 is 1.03 bits per heavy atom. The van der Waals surface area contributed by atoms with Gasteiger partial charge in [0.15, 0.2) is 0 Å². The van der Waals surface area contributed by atoms with Crippen molar-refractivity contribution in [3.8, 4) is 10.4 Å². The number of carbonyl (C=O) groups is 1. The van der Waals surface area contributed by atoms with Gasteiger partial charge < -0.3 is 10.3 Å². The van der Waals surface area contributed by atoms with Crippen LogP contribution in [-0.2, 0) is 6.54 Å². The zero-order valence-corrected chi connectivity index (χ0v) is 16.8. The third-order valence-electron chi connectivity index (χ3n) is 5.29. The van der Waals surface area contributed by atoms with Crippen LogP contribution in [0.15, 0.2) is 60.0 Å². The molecule has 0 saturated heterocycles. The first-order valence-electron chi connectivity index (χ1n) is 9.38. The number of benzene rings is 3. The van der Waals surface area contributed by atoms with Crippen LogP contribution in [0.2, 0.25) is 0 Å². The zero-order valence-electron chi connectivity index (χ0n) is 16.0. The molecule has 3 aromatic carbocycles. The number of aromatic nitrogens is 1. The van der Waals surface area contributed by atoms with Gasteiger partial charge in [0, 0.05) is 38.9 Å². The van der Waals surface area contributed by atoms with E-state index in [-0.39, 0.29) is 12.1 Å². The molecule has 0 aliphatic heterocycles. The van der Waals surface area contributed by atoms with Gasteiger partial charge in [-0.3, -0.25) is 4.79 Å². The molecule has 1 radical (unpaired) electrons. The van der Waals surface area contributed by atoms with Crippen LogP contribution in [0, 0.1) is 23.5 Å². The van der Waals surface area contributed by atoms with Gasteiger partial charge in [-0.2, -0.15) is 0 Å². The number of hydrogen-bond acceptors (Lipinski definition) is 2. The molecule has 0 unspecified atom stereocenters. The van der Waals surface area contributed by atoms with Crippen molar-refractivity contribution >= 4 is 39.0 Å². The van der Waals surface area contributed by atoms with E-state index < -0.39 is 23.4 Å². The predicted octanol–water partition coefficient (Wildman–Crippen LogP) is 5.89. The largest absolute Gasteiger partial charge is 0.366 e. The van der Waals surface area contributed by atoms with Crippen LogP contribution < -0.4 is 5.73 Å². The smallest absolute Gasteiger partial charge is 0.249 e. The second-order valence-electron chi connectivity index (χ2n) is 7.12. The van der Waals surface area contributed by atoms with Gasteiger partial charge >= 0.3 is 0 Å². The van der Waals surface area contributed by atoms with Crippen LogP contribution >= 0.6 is 11.3 Å². The summed E-state index contributed by atoms with van der Waals surface area (Å²) in [5.74, 6) is -3.54. The number of amides is 1. The lowest BCUT2D eigenvalue weighted by Crippen LogP contribution is -2.11. The van der Waals surface area contributed by atoms with Crippen molar-refractivity contribution in [1.82, 2.24) is 4.57 Å². The van der Waals surface area contributed by atoms with E-state index in [1.165, 1.54) is 0 Å². The molecule has 0 bridgehead atoms. The maximum absolute atomic E-state index is 14.4. The van der Waals surface area contributed by atoms with Gasteiger partial charge in [0.05, 0.1) is 17.6 Å². The molecular formula is C24H14F3N2OS. The highest BCUT2D eigenvalue weighted by Crippen LogP contribution is 2.36. The third-order valence-corrected chi connectivity index (χ3v) is 6.21. The van der Waals surface area contributed by atoms with Crippen molar-refractivity contribution in [3.63, 3.8) is 0 Å². The molecule has 0 saturated carbocycles. The summed E-state index contributed by atoms with van der Waals surface area (Å²) in [7, 11) is 0. The van der Waals surface area contributed by atoms with E-state index in [9.17, 15) is 18.0 Å². The van der Waals surface area contributed by atoms with E-state index in [0.717, 1.165) is 10.4 Å². The number of nitrogens with two attached hydrogens (primary N) is 1. The van der Waals surface area contributed by atoms with Gasteiger partial charge in [0.1, 0.15) is 17.5 Å². The fraction of sp³-hybridized carbons (Fsp3) is 0.0417. The Morgan fingerprint density at radius 2 is 1.81 bits per heavy atom. The molecule has 1 amide bonds. The highest BCUT2D eigenvalue weighted by molar-refractivity contribution is 7.13. The molecule has 5 rings (SSSR count). The van der Waals surface area contributed by atoms with E-state index >= 15 is 0 Å². The molecular weight excluding hydrogens is 421 g/mol. The van der Waals surface area contributed by atoms with Crippen molar-refractivity contribution in [1.29, 1.82) is 0 Å². The van der Waals surface area contributed by atoms with Crippen molar-refractivity contribution in [3.05, 3.63) is 94.6 Å². The Kier molecular flexibility index (Phi) is 4.55. The number of nitrogens with zero attached hydrogens (tertiary/aromatic N) is 1. The topological polar surface area (TPSA) is 48.0 Å². The highest BCUT2D eigenvalue weighted by Gasteiger charge is 2.20. The number of thiophene rings is 1. The molecule has 0 spiro atoms. The Morgan fingerprint density at radius 3 is 2.48 bits per heavy atom. The van der Waals surface area contributed by atoms with E-state index in [1.807, 2.05) is 29.6 Å². The maximum Gasteiger partial charge on any atom is 0.249 e. The van der Waals surface area contributed by atoms with Gasteiger partial charge in [0.25, 0.3) is 0 Å². The quantitative estimate of drug-likeness (QED) is 0.376. The summed E-state index contributed by atoms with van der Waals surface area (Å²) in [6, 6.07) is 17.1. The van der Waals surface area contributed by atoms with Crippen LogP contribution in [-0.4, -0.2) is 10.5 Å². The number of rotatable bonds is 4. The Balaban J connectivity index is 1.83. The number of halogens is 3. The van der Waals surface area contributed by atoms with Crippen LogP contribution in [0.5, 0.6) is 0 Å². The molecule has 2 aromatic heterocycles. The first-order chi connectivity index (χ1) is 14.9. The summed E-state index contributed by atoms with van der Waals surface area (Å²) in [6.07, 6.45) is 0. The zero-order chi connectivity index (χ0) is 21.7. The summed E-state index contributed by atoms with van der Waals surface area (Å²) in [4.78, 5) is 13.1. The number of fused-ring (bicyclic) bond motifs is 3. The SMILES string of the molecule is NC(=O)c1cccc2c1c1[c]cc(-c3cccs3)cc1n2Cc1c(F)cc(F)cc1F. The first-order valence-corrected chi connectivity index (χ1v) is 10.3. The molecule has 0 fully saturated rings. The van der Waals surface area contributed by atoms with Crippen LogP contribution in [0.4, 0.5) is 13.2 Å². The fourth-order valence-electron chi connectivity index (χ4n) is 3.90. The Hall–Kier alpha value is -3.58. The Bertz CT molecular complexity index is 1450. The minimum atomic E-state index is -0.981. The minimum absolute atomic E-state index is 0.193. The maximum atomic E-state index is 14.4. The number of primary amides is 1. The van der Waals surface area contributed by atoms with Crippen LogP contribution in [0.25, 0.3) is 32.2 Å². The number of carbonyl (C=O) groups excluding carboxylic acids is 1. The average Bonchev–Trinajstić information content (AvgIpc) is 3.37. The van der Waals surface area contributed by atoms with E-state index in [1.54, 1.807) is 34.1 Å². The van der Waals surface area contributed by atoms with Gasteiger partial charge in [-0.1, -0.05) is 12.1 Å². The first kappa shape index (κ1) is 19.4. The minimum Gasteiger partial charge on any atom is -0.366 e. The van der Waals surface area contributed by atoms with Crippen LogP contribution in [0.1, 0.15) is 15.9 Å². The van der Waals surface area contributed by atoms with Gasteiger partial charge in [-0.05, 0) is 47.3 Å². The summed E-state index contributed by atoms with van der Waals surface area (Å²) < 4.78 is 44.0. The van der Waals surface area contributed by atoms with Gasteiger partial charge in [0.2, 0.25) is 5.91 Å². The highest BCUT2D eigenvalue weighted by atomic mass is 32.1. The summed E-state index contributed by atoms with van der Waals surface area (Å²) in [5.41, 5.74) is 7.70. The molecule has 0 atom stereocenters.